The quantitative estimate of drug-likeness (QED) is 0.776. The van der Waals surface area contributed by atoms with Gasteiger partial charge in [-0.1, -0.05) is 6.07 Å². The van der Waals surface area contributed by atoms with Gasteiger partial charge >= 0.3 is 0 Å². The van der Waals surface area contributed by atoms with Crippen LogP contribution in [0.4, 0.5) is 11.4 Å². The molecule has 0 aliphatic carbocycles. The molecule has 7 heteroatoms. The number of hydrogen-bond acceptors (Lipinski definition) is 5. The van der Waals surface area contributed by atoms with Crippen LogP contribution in [0.25, 0.3) is 0 Å². The van der Waals surface area contributed by atoms with Gasteiger partial charge in [0.05, 0.1) is 11.9 Å². The summed E-state index contributed by atoms with van der Waals surface area (Å²) in [5, 5.41) is 0. The van der Waals surface area contributed by atoms with Gasteiger partial charge in [-0.25, -0.2) is 9.88 Å². The van der Waals surface area contributed by atoms with Crippen LogP contribution in [0.15, 0.2) is 41.5 Å². The molecule has 2 amide bonds. The van der Waals surface area contributed by atoms with Gasteiger partial charge in [0.25, 0.3) is 11.5 Å². The first-order valence-corrected chi connectivity index (χ1v) is 5.74. The van der Waals surface area contributed by atoms with Crippen molar-refractivity contribution in [2.45, 2.75) is 6.92 Å². The van der Waals surface area contributed by atoms with Gasteiger partial charge in [0.15, 0.2) is 0 Å². The maximum atomic E-state index is 12.3. The standard InChI is InChI=1S/C13H12N4O3/c1-8(18)17(10-4-2-3-9(14)5-10)13(20)11-6-16-12(19)7-15-11/h2-7H,14H2,1H3,(H,16,19). The molecular formula is C13H12N4O3. The predicted octanol–water partition coefficient (Wildman–Crippen LogP) is 0.545. The maximum absolute atomic E-state index is 12.3. The number of carbonyl (C=O) groups is 2. The topological polar surface area (TPSA) is 109 Å². The van der Waals surface area contributed by atoms with Crippen molar-refractivity contribution in [2.24, 2.45) is 0 Å². The fraction of sp³-hybridized carbons (Fsp3) is 0.0769. The van der Waals surface area contributed by atoms with E-state index < -0.39 is 17.4 Å². The van der Waals surface area contributed by atoms with Crippen molar-refractivity contribution in [3.63, 3.8) is 0 Å². The number of benzene rings is 1. The summed E-state index contributed by atoms with van der Waals surface area (Å²) >= 11 is 0. The highest BCUT2D eigenvalue weighted by Gasteiger charge is 2.23. The lowest BCUT2D eigenvalue weighted by Crippen LogP contribution is -2.36. The molecule has 1 aromatic heterocycles. The van der Waals surface area contributed by atoms with Crippen molar-refractivity contribution in [2.75, 3.05) is 10.6 Å². The van der Waals surface area contributed by atoms with E-state index in [0.29, 0.717) is 11.4 Å². The number of hydrogen-bond donors (Lipinski definition) is 2. The Hall–Kier alpha value is -2.96. The van der Waals surface area contributed by atoms with Crippen molar-refractivity contribution < 1.29 is 9.59 Å². The largest absolute Gasteiger partial charge is 0.399 e. The van der Waals surface area contributed by atoms with Gasteiger partial charge in [-0.3, -0.25) is 14.4 Å². The molecule has 1 aromatic carbocycles. The zero-order valence-electron chi connectivity index (χ0n) is 10.7. The van der Waals surface area contributed by atoms with Gasteiger partial charge in [0.2, 0.25) is 5.91 Å². The fourth-order valence-electron chi connectivity index (χ4n) is 1.68. The molecule has 3 N–H and O–H groups in total. The van der Waals surface area contributed by atoms with E-state index in [2.05, 4.69) is 9.97 Å². The van der Waals surface area contributed by atoms with Gasteiger partial charge in [-0.05, 0) is 18.2 Å². The van der Waals surface area contributed by atoms with E-state index in [9.17, 15) is 14.4 Å². The van der Waals surface area contributed by atoms with Crippen molar-refractivity contribution in [3.8, 4) is 0 Å². The second-order valence-corrected chi connectivity index (χ2v) is 4.05. The van der Waals surface area contributed by atoms with E-state index in [1.54, 1.807) is 18.2 Å². The molecule has 20 heavy (non-hydrogen) atoms. The minimum absolute atomic E-state index is 0.0396. The second kappa shape index (κ2) is 5.35. The molecule has 0 aliphatic heterocycles. The average Bonchev–Trinajstić information content (AvgIpc) is 2.39. The summed E-state index contributed by atoms with van der Waals surface area (Å²) < 4.78 is 0. The lowest BCUT2D eigenvalue weighted by Gasteiger charge is -2.18. The van der Waals surface area contributed by atoms with Crippen LogP contribution >= 0.6 is 0 Å². The fourth-order valence-corrected chi connectivity index (χ4v) is 1.68. The number of aromatic amines is 1. The van der Waals surface area contributed by atoms with E-state index in [1.165, 1.54) is 13.0 Å². The van der Waals surface area contributed by atoms with Crippen molar-refractivity contribution >= 4 is 23.2 Å². The number of nitrogen functional groups attached to an aromatic ring is 1. The number of nitrogens with one attached hydrogen (secondary N) is 1. The van der Waals surface area contributed by atoms with E-state index in [4.69, 9.17) is 5.73 Å². The van der Waals surface area contributed by atoms with Crippen LogP contribution in [-0.4, -0.2) is 21.8 Å². The first kappa shape index (κ1) is 13.5. The second-order valence-electron chi connectivity index (χ2n) is 4.05. The van der Waals surface area contributed by atoms with Crippen LogP contribution in [0.3, 0.4) is 0 Å². The number of amides is 2. The van der Waals surface area contributed by atoms with Crippen LogP contribution in [0.5, 0.6) is 0 Å². The van der Waals surface area contributed by atoms with Gasteiger partial charge in [0, 0.05) is 18.8 Å². The molecule has 1 heterocycles. The molecule has 0 fully saturated rings. The molecule has 0 atom stereocenters. The minimum atomic E-state index is -0.639. The summed E-state index contributed by atoms with van der Waals surface area (Å²) in [6.45, 7) is 1.26. The average molecular weight is 272 g/mol. The van der Waals surface area contributed by atoms with Crippen molar-refractivity contribution in [1.29, 1.82) is 0 Å². The van der Waals surface area contributed by atoms with Gasteiger partial charge in [-0.2, -0.15) is 0 Å². The van der Waals surface area contributed by atoms with Gasteiger partial charge in [0.1, 0.15) is 5.69 Å². The Morgan fingerprint density at radius 3 is 2.65 bits per heavy atom. The first-order chi connectivity index (χ1) is 9.49. The number of nitrogens with zero attached hydrogens (tertiary/aromatic N) is 2. The normalized spacial score (nSPS) is 10.1. The number of anilines is 2. The Labute approximate surface area is 114 Å². The SMILES string of the molecule is CC(=O)N(C(=O)c1c[nH]c(=O)cn1)c1cccc(N)c1. The summed E-state index contributed by atoms with van der Waals surface area (Å²) in [5.41, 5.74) is 5.94. The van der Waals surface area contributed by atoms with Crippen LogP contribution in [0.1, 0.15) is 17.4 Å². The molecular weight excluding hydrogens is 260 g/mol. The summed E-state index contributed by atoms with van der Waals surface area (Å²) in [6, 6.07) is 6.37. The van der Waals surface area contributed by atoms with E-state index in [0.717, 1.165) is 17.3 Å². The van der Waals surface area contributed by atoms with Gasteiger partial charge < -0.3 is 10.7 Å². The Kier molecular flexibility index (Phi) is 3.60. The molecule has 0 saturated carbocycles. The molecule has 0 spiro atoms. The Morgan fingerprint density at radius 2 is 2.10 bits per heavy atom. The Bertz CT molecular complexity index is 703. The Morgan fingerprint density at radius 1 is 1.35 bits per heavy atom. The molecule has 0 unspecified atom stereocenters. The highest BCUT2D eigenvalue weighted by Crippen LogP contribution is 2.19. The maximum Gasteiger partial charge on any atom is 0.285 e. The molecule has 2 rings (SSSR count). The van der Waals surface area contributed by atoms with Crippen LogP contribution in [-0.2, 0) is 4.79 Å². The third-order valence-electron chi connectivity index (χ3n) is 2.54. The number of aromatic nitrogens is 2. The molecule has 0 bridgehead atoms. The van der Waals surface area contributed by atoms with Crippen molar-refractivity contribution in [3.05, 3.63) is 52.7 Å². The summed E-state index contributed by atoms with van der Waals surface area (Å²) in [6.07, 6.45) is 2.14. The number of imide groups is 1. The summed E-state index contributed by atoms with van der Waals surface area (Å²) in [5.74, 6) is -1.12. The number of nitrogens with two attached hydrogens (primary N) is 1. The number of carbonyl (C=O) groups excluding carboxylic acids is 2. The molecule has 0 saturated heterocycles. The third kappa shape index (κ3) is 2.72. The third-order valence-corrected chi connectivity index (χ3v) is 2.54. The first-order valence-electron chi connectivity index (χ1n) is 5.74. The Balaban J connectivity index is 2.43. The minimum Gasteiger partial charge on any atom is -0.399 e. The smallest absolute Gasteiger partial charge is 0.285 e. The lowest BCUT2D eigenvalue weighted by molar-refractivity contribution is -0.115. The van der Waals surface area contributed by atoms with E-state index in [1.807, 2.05) is 0 Å². The van der Waals surface area contributed by atoms with Gasteiger partial charge in [-0.15, -0.1) is 0 Å². The van der Waals surface area contributed by atoms with Crippen LogP contribution in [0.2, 0.25) is 0 Å². The lowest BCUT2D eigenvalue weighted by atomic mass is 10.2. The zero-order chi connectivity index (χ0) is 14.7. The zero-order valence-corrected chi connectivity index (χ0v) is 10.7. The van der Waals surface area contributed by atoms with E-state index >= 15 is 0 Å². The van der Waals surface area contributed by atoms with Crippen molar-refractivity contribution in [1.82, 2.24) is 9.97 Å². The van der Waals surface area contributed by atoms with E-state index in [-0.39, 0.29) is 5.69 Å². The summed E-state index contributed by atoms with van der Waals surface area (Å²) in [7, 11) is 0. The highest BCUT2D eigenvalue weighted by atomic mass is 16.2. The predicted molar refractivity (Wildman–Crippen MR) is 73.2 cm³/mol. The molecule has 2 aromatic rings. The molecule has 7 nitrogen and oxygen atoms in total. The highest BCUT2D eigenvalue weighted by molar-refractivity contribution is 6.19. The number of rotatable bonds is 2. The molecule has 0 radical (unpaired) electrons. The van der Waals surface area contributed by atoms with Crippen LogP contribution < -0.4 is 16.2 Å². The summed E-state index contributed by atoms with van der Waals surface area (Å²) in [4.78, 5) is 41.9. The monoisotopic (exact) mass is 272 g/mol. The van der Waals surface area contributed by atoms with Crippen LogP contribution in [0, 0.1) is 0 Å². The number of H-pyrrole nitrogens is 1. The molecule has 102 valence electrons. The molecule has 0 aliphatic rings.